The summed E-state index contributed by atoms with van der Waals surface area (Å²) < 4.78 is 4.52. The Hall–Kier alpha value is -2.86. The number of rotatable bonds is 1. The fraction of sp³-hybridized carbons (Fsp3) is 0.0909. The normalized spacial score (nSPS) is 9.59. The van der Waals surface area contributed by atoms with Gasteiger partial charge in [-0.3, -0.25) is 0 Å². The van der Waals surface area contributed by atoms with E-state index in [1.54, 1.807) is 0 Å². The van der Waals surface area contributed by atoms with Gasteiger partial charge in [-0.25, -0.2) is 9.78 Å². The average molecular weight is 226 g/mol. The highest BCUT2D eigenvalue weighted by molar-refractivity contribution is 5.91. The van der Waals surface area contributed by atoms with Crippen LogP contribution >= 0.6 is 0 Å². The number of carbonyl (C=O) groups is 1. The zero-order chi connectivity index (χ0) is 12.4. The van der Waals surface area contributed by atoms with Crippen LogP contribution in [0.15, 0.2) is 12.1 Å². The Morgan fingerprint density at radius 3 is 2.59 bits per heavy atom. The van der Waals surface area contributed by atoms with Crippen LogP contribution in [0.5, 0.6) is 0 Å². The van der Waals surface area contributed by atoms with Crippen molar-refractivity contribution in [3.8, 4) is 12.1 Å². The van der Waals surface area contributed by atoms with E-state index in [2.05, 4.69) is 14.7 Å². The first kappa shape index (κ1) is 10.7. The Balaban J connectivity index is 2.68. The maximum atomic E-state index is 11.2. The lowest BCUT2D eigenvalue weighted by atomic mass is 10.1. The number of nitrogens with one attached hydrogen (secondary N) is 1. The highest BCUT2D eigenvalue weighted by Crippen LogP contribution is 2.17. The summed E-state index contributed by atoms with van der Waals surface area (Å²) in [5.74, 6) is -0.556. The van der Waals surface area contributed by atoms with Crippen LogP contribution in [0.3, 0.4) is 0 Å². The molecule has 0 saturated heterocycles. The van der Waals surface area contributed by atoms with Crippen LogP contribution < -0.4 is 0 Å². The number of esters is 1. The number of methoxy groups -OCH3 is 1. The fourth-order valence-electron chi connectivity index (χ4n) is 1.44. The SMILES string of the molecule is COC(=O)c1nc2cc(C#N)c(C#N)cc2[nH]1. The van der Waals surface area contributed by atoms with Crippen LogP contribution in [0.25, 0.3) is 11.0 Å². The number of H-pyrrole nitrogens is 1. The minimum Gasteiger partial charge on any atom is -0.463 e. The lowest BCUT2D eigenvalue weighted by molar-refractivity contribution is 0.0588. The van der Waals surface area contributed by atoms with Crippen LogP contribution in [0, 0.1) is 22.7 Å². The number of hydrogen-bond acceptors (Lipinski definition) is 5. The third-order valence-corrected chi connectivity index (χ3v) is 2.24. The van der Waals surface area contributed by atoms with Gasteiger partial charge in [-0.05, 0) is 12.1 Å². The lowest BCUT2D eigenvalue weighted by Crippen LogP contribution is -2.02. The van der Waals surface area contributed by atoms with E-state index >= 15 is 0 Å². The van der Waals surface area contributed by atoms with Crippen LogP contribution in [0.1, 0.15) is 21.7 Å². The monoisotopic (exact) mass is 226 g/mol. The van der Waals surface area contributed by atoms with Gasteiger partial charge in [0, 0.05) is 0 Å². The van der Waals surface area contributed by atoms with Gasteiger partial charge in [-0.15, -0.1) is 0 Å². The molecule has 0 radical (unpaired) electrons. The van der Waals surface area contributed by atoms with Crippen molar-refractivity contribution in [3.05, 3.63) is 29.1 Å². The molecule has 82 valence electrons. The van der Waals surface area contributed by atoms with Gasteiger partial charge in [-0.2, -0.15) is 10.5 Å². The summed E-state index contributed by atoms with van der Waals surface area (Å²) in [4.78, 5) is 17.9. The molecule has 1 aromatic heterocycles. The van der Waals surface area contributed by atoms with Crippen LogP contribution in [0.2, 0.25) is 0 Å². The van der Waals surface area contributed by atoms with E-state index in [-0.39, 0.29) is 17.0 Å². The Labute approximate surface area is 96.1 Å². The Bertz CT molecular complexity index is 637. The van der Waals surface area contributed by atoms with Crippen LogP contribution in [-0.4, -0.2) is 23.0 Å². The maximum absolute atomic E-state index is 11.2. The van der Waals surface area contributed by atoms with Crippen molar-refractivity contribution in [2.45, 2.75) is 0 Å². The average Bonchev–Trinajstić information content (AvgIpc) is 2.78. The quantitative estimate of drug-likeness (QED) is 0.733. The van der Waals surface area contributed by atoms with E-state index in [1.165, 1.54) is 19.2 Å². The number of nitrogens with zero attached hydrogens (tertiary/aromatic N) is 3. The number of hydrogen-bond donors (Lipinski definition) is 1. The molecular formula is C11H6N4O2. The van der Waals surface area contributed by atoms with E-state index < -0.39 is 5.97 Å². The zero-order valence-corrected chi connectivity index (χ0v) is 8.81. The molecule has 0 aliphatic carbocycles. The van der Waals surface area contributed by atoms with Gasteiger partial charge in [-0.1, -0.05) is 0 Å². The fourth-order valence-corrected chi connectivity index (χ4v) is 1.44. The Morgan fingerprint density at radius 1 is 1.35 bits per heavy atom. The van der Waals surface area contributed by atoms with Gasteiger partial charge in [0.15, 0.2) is 0 Å². The van der Waals surface area contributed by atoms with E-state index in [9.17, 15) is 4.79 Å². The summed E-state index contributed by atoms with van der Waals surface area (Å²) in [6.45, 7) is 0. The van der Waals surface area contributed by atoms with Gasteiger partial charge >= 0.3 is 5.97 Å². The molecule has 0 spiro atoms. The molecule has 0 amide bonds. The lowest BCUT2D eigenvalue weighted by Gasteiger charge is -1.92. The molecule has 0 aliphatic heterocycles. The highest BCUT2D eigenvalue weighted by atomic mass is 16.5. The molecule has 1 heterocycles. The number of benzene rings is 1. The van der Waals surface area contributed by atoms with E-state index in [1.807, 2.05) is 12.1 Å². The topological polar surface area (TPSA) is 103 Å². The van der Waals surface area contributed by atoms with Crippen molar-refractivity contribution >= 4 is 17.0 Å². The minimum atomic E-state index is -0.599. The van der Waals surface area contributed by atoms with Gasteiger partial charge < -0.3 is 9.72 Å². The Morgan fingerprint density at radius 2 is 2.00 bits per heavy atom. The predicted molar refractivity (Wildman–Crippen MR) is 56.9 cm³/mol. The second-order valence-electron chi connectivity index (χ2n) is 3.22. The van der Waals surface area contributed by atoms with Crippen molar-refractivity contribution < 1.29 is 9.53 Å². The standard InChI is InChI=1S/C11H6N4O2/c1-17-11(16)10-14-8-2-6(4-12)7(5-13)3-9(8)15-10/h2-3H,1H3,(H,14,15). The third-order valence-electron chi connectivity index (χ3n) is 2.24. The van der Waals surface area contributed by atoms with E-state index in [0.717, 1.165) is 0 Å². The number of ether oxygens (including phenoxy) is 1. The summed E-state index contributed by atoms with van der Waals surface area (Å²) in [5, 5.41) is 17.7. The molecule has 0 bridgehead atoms. The summed E-state index contributed by atoms with van der Waals surface area (Å²) in [7, 11) is 1.25. The van der Waals surface area contributed by atoms with E-state index in [0.29, 0.717) is 11.0 Å². The molecular weight excluding hydrogens is 220 g/mol. The minimum absolute atomic E-state index is 0.0430. The van der Waals surface area contributed by atoms with Gasteiger partial charge in [0.2, 0.25) is 5.82 Å². The zero-order valence-electron chi connectivity index (χ0n) is 8.81. The predicted octanol–water partition coefficient (Wildman–Crippen LogP) is 1.09. The maximum Gasteiger partial charge on any atom is 0.374 e. The molecule has 1 aromatic carbocycles. The summed E-state index contributed by atoms with van der Waals surface area (Å²) in [5.41, 5.74) is 1.42. The van der Waals surface area contributed by atoms with Crippen molar-refractivity contribution in [2.24, 2.45) is 0 Å². The smallest absolute Gasteiger partial charge is 0.374 e. The molecule has 0 atom stereocenters. The number of nitriles is 2. The number of imidazole rings is 1. The molecule has 6 heteroatoms. The van der Waals surface area contributed by atoms with Crippen molar-refractivity contribution in [2.75, 3.05) is 7.11 Å². The highest BCUT2D eigenvalue weighted by Gasteiger charge is 2.13. The largest absolute Gasteiger partial charge is 0.463 e. The molecule has 0 unspecified atom stereocenters. The number of fused-ring (bicyclic) bond motifs is 1. The first-order valence-corrected chi connectivity index (χ1v) is 4.62. The van der Waals surface area contributed by atoms with E-state index in [4.69, 9.17) is 10.5 Å². The van der Waals surface area contributed by atoms with Gasteiger partial charge in [0.05, 0.1) is 29.3 Å². The Kier molecular flexibility index (Phi) is 2.48. The van der Waals surface area contributed by atoms with Gasteiger partial charge in [0.1, 0.15) is 12.1 Å². The second kappa shape index (κ2) is 3.95. The van der Waals surface area contributed by atoms with Crippen molar-refractivity contribution in [1.82, 2.24) is 9.97 Å². The molecule has 2 rings (SSSR count). The molecule has 2 aromatic rings. The molecule has 0 saturated carbocycles. The van der Waals surface area contributed by atoms with Crippen molar-refractivity contribution in [3.63, 3.8) is 0 Å². The first-order chi connectivity index (χ1) is 8.19. The number of aromatic nitrogens is 2. The molecule has 0 aliphatic rings. The first-order valence-electron chi connectivity index (χ1n) is 4.62. The van der Waals surface area contributed by atoms with Crippen LogP contribution in [-0.2, 0) is 4.74 Å². The summed E-state index contributed by atoms with van der Waals surface area (Å²) in [6.07, 6.45) is 0. The van der Waals surface area contributed by atoms with Crippen molar-refractivity contribution in [1.29, 1.82) is 10.5 Å². The summed E-state index contributed by atoms with van der Waals surface area (Å²) >= 11 is 0. The molecule has 0 fully saturated rings. The second-order valence-corrected chi connectivity index (χ2v) is 3.22. The molecule has 1 N–H and O–H groups in total. The summed E-state index contributed by atoms with van der Waals surface area (Å²) in [6, 6.07) is 6.74. The molecule has 17 heavy (non-hydrogen) atoms. The molecule has 6 nitrogen and oxygen atoms in total. The number of carbonyl (C=O) groups excluding carboxylic acids is 1. The third kappa shape index (κ3) is 1.68. The van der Waals surface area contributed by atoms with Gasteiger partial charge in [0.25, 0.3) is 0 Å². The number of aromatic amines is 1. The van der Waals surface area contributed by atoms with Crippen LogP contribution in [0.4, 0.5) is 0 Å².